The van der Waals surface area contributed by atoms with Gasteiger partial charge in [-0.2, -0.15) is 0 Å². The van der Waals surface area contributed by atoms with Crippen LogP contribution in [-0.4, -0.2) is 29.2 Å². The lowest BCUT2D eigenvalue weighted by molar-refractivity contribution is -0.140. The van der Waals surface area contributed by atoms with E-state index in [1.165, 1.54) is 12.1 Å². The summed E-state index contributed by atoms with van der Waals surface area (Å²) in [7, 11) is 0. The Morgan fingerprint density at radius 2 is 2.04 bits per heavy atom. The van der Waals surface area contributed by atoms with E-state index < -0.39 is 0 Å². The maximum atomic E-state index is 13.5. The van der Waals surface area contributed by atoms with E-state index >= 15 is 0 Å². The number of oxime groups is 1. The zero-order valence-corrected chi connectivity index (χ0v) is 16.2. The van der Waals surface area contributed by atoms with Crippen LogP contribution in [-0.2, 0) is 16.2 Å². The second-order valence-electron chi connectivity index (χ2n) is 7.46. The van der Waals surface area contributed by atoms with Gasteiger partial charge < -0.3 is 9.74 Å². The fourth-order valence-electron chi connectivity index (χ4n) is 3.61. The number of amides is 1. The molecule has 0 radical (unpaired) electrons. The largest absolute Gasteiger partial charge is 0.390 e. The van der Waals surface area contributed by atoms with Crippen molar-refractivity contribution in [2.24, 2.45) is 11.1 Å². The van der Waals surface area contributed by atoms with Crippen LogP contribution in [0.1, 0.15) is 36.8 Å². The molecule has 2 aromatic carbocycles. The van der Waals surface area contributed by atoms with E-state index in [1.807, 2.05) is 35.2 Å². The summed E-state index contributed by atoms with van der Waals surface area (Å²) >= 11 is 6.10. The Morgan fingerprint density at radius 3 is 2.75 bits per heavy atom. The van der Waals surface area contributed by atoms with Gasteiger partial charge in [-0.15, -0.1) is 0 Å². The van der Waals surface area contributed by atoms with Crippen molar-refractivity contribution in [2.75, 3.05) is 6.54 Å². The predicted octanol–water partition coefficient (Wildman–Crippen LogP) is 4.80. The van der Waals surface area contributed by atoms with Crippen molar-refractivity contribution in [1.82, 2.24) is 4.90 Å². The first-order valence-electron chi connectivity index (χ1n) is 9.60. The van der Waals surface area contributed by atoms with E-state index in [1.54, 1.807) is 6.07 Å². The molecule has 6 heteroatoms. The Kier molecular flexibility index (Phi) is 5.62. The molecular weight excluding hydrogens is 379 g/mol. The fourth-order valence-corrected chi connectivity index (χ4v) is 3.83. The number of hydrogen-bond donors (Lipinski definition) is 0. The zero-order valence-electron chi connectivity index (χ0n) is 15.5. The highest BCUT2D eigenvalue weighted by atomic mass is 35.5. The molecule has 0 bridgehead atoms. The quantitative estimate of drug-likeness (QED) is 0.698. The van der Waals surface area contributed by atoms with Gasteiger partial charge in [0.1, 0.15) is 5.82 Å². The van der Waals surface area contributed by atoms with Crippen LogP contribution in [0, 0.1) is 11.7 Å². The minimum Gasteiger partial charge on any atom is -0.390 e. The number of nitrogens with zero attached hydrogens (tertiary/aromatic N) is 2. The van der Waals surface area contributed by atoms with E-state index in [4.69, 9.17) is 16.4 Å². The van der Waals surface area contributed by atoms with Crippen molar-refractivity contribution >= 4 is 23.2 Å². The molecule has 1 heterocycles. The van der Waals surface area contributed by atoms with Gasteiger partial charge in [-0.1, -0.05) is 47.4 Å². The van der Waals surface area contributed by atoms with Crippen LogP contribution in [0.5, 0.6) is 0 Å². The van der Waals surface area contributed by atoms with Gasteiger partial charge >= 0.3 is 0 Å². The minimum atomic E-state index is -0.300. The molecule has 1 unspecified atom stereocenters. The average Bonchev–Trinajstić information content (AvgIpc) is 3.08. The molecule has 1 aliphatic carbocycles. The van der Waals surface area contributed by atoms with E-state index in [-0.39, 0.29) is 23.7 Å². The second-order valence-corrected chi connectivity index (χ2v) is 7.89. The van der Waals surface area contributed by atoms with E-state index in [2.05, 4.69) is 5.16 Å². The first-order chi connectivity index (χ1) is 13.6. The van der Waals surface area contributed by atoms with Gasteiger partial charge in [0.25, 0.3) is 0 Å². The van der Waals surface area contributed by atoms with Crippen LogP contribution in [0.15, 0.2) is 53.7 Å². The molecule has 2 aliphatic rings. The maximum absolute atomic E-state index is 13.5. The molecule has 28 heavy (non-hydrogen) atoms. The van der Waals surface area contributed by atoms with Crippen LogP contribution in [0.2, 0.25) is 5.02 Å². The maximum Gasteiger partial charge on any atom is 0.226 e. The summed E-state index contributed by atoms with van der Waals surface area (Å²) in [6.45, 7) is 0.940. The van der Waals surface area contributed by atoms with Crippen LogP contribution in [0.3, 0.4) is 0 Å². The van der Waals surface area contributed by atoms with Crippen LogP contribution in [0.25, 0.3) is 0 Å². The lowest BCUT2D eigenvalue weighted by atomic mass is 9.84. The van der Waals surface area contributed by atoms with Crippen molar-refractivity contribution in [3.63, 3.8) is 0 Å². The summed E-state index contributed by atoms with van der Waals surface area (Å²) in [6.07, 6.45) is 3.31. The van der Waals surface area contributed by atoms with Crippen LogP contribution < -0.4 is 0 Å². The third-order valence-electron chi connectivity index (χ3n) is 5.34. The highest BCUT2D eigenvalue weighted by molar-refractivity contribution is 6.30. The number of hydrogen-bond acceptors (Lipinski definition) is 3. The standard InChI is InChI=1S/C22H22ClFN2O2/c23-18-8-1-4-15(10-18)13-26(22(27)16-5-2-6-16)14-20-12-21(25-28-20)17-7-3-9-19(24)11-17/h1,3-4,7-11,16,20H,2,5-6,12-14H2. The third-order valence-corrected chi connectivity index (χ3v) is 5.58. The normalized spacial score (nSPS) is 18.9. The molecule has 1 amide bonds. The molecule has 1 saturated carbocycles. The number of rotatable bonds is 6. The predicted molar refractivity (Wildman–Crippen MR) is 107 cm³/mol. The van der Waals surface area contributed by atoms with Gasteiger partial charge in [0.05, 0.1) is 12.3 Å². The molecule has 0 N–H and O–H groups in total. The average molecular weight is 401 g/mol. The second kappa shape index (κ2) is 8.31. The molecule has 4 rings (SSSR count). The number of halogens is 2. The molecule has 146 valence electrons. The van der Waals surface area contributed by atoms with Crippen molar-refractivity contribution in [3.05, 3.63) is 70.5 Å². The summed E-state index contributed by atoms with van der Waals surface area (Å²) in [5.74, 6) is -0.0374. The molecule has 0 saturated heterocycles. The van der Waals surface area contributed by atoms with Gasteiger partial charge in [-0.25, -0.2) is 4.39 Å². The molecule has 0 aromatic heterocycles. The van der Waals surface area contributed by atoms with Crippen molar-refractivity contribution < 1.29 is 14.0 Å². The Hall–Kier alpha value is -2.40. The third kappa shape index (κ3) is 4.36. The molecular formula is C22H22ClFN2O2. The number of benzene rings is 2. The fraction of sp³-hybridized carbons (Fsp3) is 0.364. The minimum absolute atomic E-state index is 0.101. The Balaban J connectivity index is 1.44. The van der Waals surface area contributed by atoms with Gasteiger partial charge in [0, 0.05) is 29.5 Å². The van der Waals surface area contributed by atoms with E-state index in [0.29, 0.717) is 35.8 Å². The number of carbonyl (C=O) groups excluding carboxylic acids is 1. The Bertz CT molecular complexity index is 898. The van der Waals surface area contributed by atoms with Crippen LogP contribution in [0.4, 0.5) is 4.39 Å². The lowest BCUT2D eigenvalue weighted by Gasteiger charge is -2.32. The van der Waals surface area contributed by atoms with E-state index in [9.17, 15) is 9.18 Å². The zero-order chi connectivity index (χ0) is 19.5. The smallest absolute Gasteiger partial charge is 0.226 e. The first-order valence-corrected chi connectivity index (χ1v) is 9.98. The SMILES string of the molecule is O=C(C1CCC1)N(Cc1cccc(Cl)c1)CC1CC(c2cccc(F)c2)=NO1. The summed E-state index contributed by atoms with van der Waals surface area (Å²) in [4.78, 5) is 20.4. The summed E-state index contributed by atoms with van der Waals surface area (Å²) in [6, 6.07) is 13.9. The van der Waals surface area contributed by atoms with E-state index in [0.717, 1.165) is 24.8 Å². The van der Waals surface area contributed by atoms with Gasteiger partial charge in [0.15, 0.2) is 6.10 Å². The molecule has 1 atom stereocenters. The summed E-state index contributed by atoms with van der Waals surface area (Å²) in [5.41, 5.74) is 2.42. The first kappa shape index (κ1) is 18.9. The molecule has 1 aliphatic heterocycles. The Morgan fingerprint density at radius 1 is 1.21 bits per heavy atom. The van der Waals surface area contributed by atoms with Gasteiger partial charge in [-0.05, 0) is 42.7 Å². The van der Waals surface area contributed by atoms with Crippen LogP contribution >= 0.6 is 11.6 Å². The van der Waals surface area contributed by atoms with Gasteiger partial charge in [-0.3, -0.25) is 4.79 Å². The highest BCUT2D eigenvalue weighted by Crippen LogP contribution is 2.30. The van der Waals surface area contributed by atoms with Gasteiger partial charge in [0.2, 0.25) is 5.91 Å². The monoisotopic (exact) mass is 400 g/mol. The molecule has 2 aromatic rings. The van der Waals surface area contributed by atoms with Crippen molar-refractivity contribution in [2.45, 2.75) is 38.3 Å². The number of carbonyl (C=O) groups is 1. The summed E-state index contributed by atoms with van der Waals surface area (Å²) < 4.78 is 13.5. The topological polar surface area (TPSA) is 41.9 Å². The van der Waals surface area contributed by atoms with Crippen molar-refractivity contribution in [1.29, 1.82) is 0 Å². The molecule has 1 fully saturated rings. The van der Waals surface area contributed by atoms with Crippen molar-refractivity contribution in [3.8, 4) is 0 Å². The summed E-state index contributed by atoms with van der Waals surface area (Å²) in [5, 5.41) is 4.79. The lowest BCUT2D eigenvalue weighted by Crippen LogP contribution is -2.42. The Labute approximate surface area is 168 Å². The molecule has 4 nitrogen and oxygen atoms in total. The highest BCUT2D eigenvalue weighted by Gasteiger charge is 2.33. The molecule has 0 spiro atoms.